The minimum absolute atomic E-state index is 0.0936. The molecule has 0 aliphatic rings. The SMILES string of the molecule is CCCNC(=O)C(C)NCC(C)(C)C. The second-order valence-corrected chi connectivity index (χ2v) is 4.95. The Bertz CT molecular complexity index is 173. The van der Waals surface area contributed by atoms with Gasteiger partial charge in [0.15, 0.2) is 0 Å². The van der Waals surface area contributed by atoms with Crippen molar-refractivity contribution in [1.82, 2.24) is 10.6 Å². The van der Waals surface area contributed by atoms with Crippen LogP contribution in [-0.2, 0) is 4.79 Å². The molecule has 14 heavy (non-hydrogen) atoms. The molecule has 1 atom stereocenters. The van der Waals surface area contributed by atoms with E-state index in [1.165, 1.54) is 0 Å². The van der Waals surface area contributed by atoms with Gasteiger partial charge in [-0.2, -0.15) is 0 Å². The molecular weight excluding hydrogens is 176 g/mol. The lowest BCUT2D eigenvalue weighted by Crippen LogP contribution is -2.45. The summed E-state index contributed by atoms with van der Waals surface area (Å²) in [7, 11) is 0. The number of carbonyl (C=O) groups excluding carboxylic acids is 1. The molecule has 0 rings (SSSR count). The molecule has 0 aromatic carbocycles. The minimum Gasteiger partial charge on any atom is -0.355 e. The van der Waals surface area contributed by atoms with Crippen molar-refractivity contribution in [3.8, 4) is 0 Å². The molecule has 1 unspecified atom stereocenters. The normalized spacial score (nSPS) is 13.8. The molecule has 0 saturated carbocycles. The number of amides is 1. The first-order chi connectivity index (χ1) is 6.37. The topological polar surface area (TPSA) is 41.1 Å². The van der Waals surface area contributed by atoms with Crippen molar-refractivity contribution in [2.24, 2.45) is 5.41 Å². The van der Waals surface area contributed by atoms with E-state index in [1.807, 2.05) is 13.8 Å². The van der Waals surface area contributed by atoms with Crippen LogP contribution in [-0.4, -0.2) is 25.0 Å². The second kappa shape index (κ2) is 6.02. The summed E-state index contributed by atoms with van der Waals surface area (Å²) in [5, 5.41) is 6.09. The monoisotopic (exact) mass is 200 g/mol. The summed E-state index contributed by atoms with van der Waals surface area (Å²) in [5.74, 6) is 0.0936. The van der Waals surface area contributed by atoms with Crippen molar-refractivity contribution >= 4 is 5.91 Å². The van der Waals surface area contributed by atoms with Crippen LogP contribution in [0.3, 0.4) is 0 Å². The van der Waals surface area contributed by atoms with Gasteiger partial charge < -0.3 is 10.6 Å². The molecule has 0 spiro atoms. The Kier molecular flexibility index (Phi) is 5.77. The van der Waals surface area contributed by atoms with Gasteiger partial charge in [0, 0.05) is 13.1 Å². The first kappa shape index (κ1) is 13.4. The Morgan fingerprint density at radius 2 is 1.93 bits per heavy atom. The van der Waals surface area contributed by atoms with Crippen molar-refractivity contribution in [1.29, 1.82) is 0 Å². The number of rotatable bonds is 5. The molecule has 0 aliphatic carbocycles. The Labute approximate surface area is 87.6 Å². The lowest BCUT2D eigenvalue weighted by molar-refractivity contribution is -0.122. The maximum Gasteiger partial charge on any atom is 0.236 e. The van der Waals surface area contributed by atoms with E-state index in [1.54, 1.807) is 0 Å². The molecule has 0 saturated heterocycles. The molecule has 0 aromatic heterocycles. The van der Waals surface area contributed by atoms with Crippen LogP contribution < -0.4 is 10.6 Å². The van der Waals surface area contributed by atoms with Gasteiger partial charge in [-0.15, -0.1) is 0 Å². The van der Waals surface area contributed by atoms with Crippen LogP contribution in [0, 0.1) is 5.41 Å². The van der Waals surface area contributed by atoms with Crippen LogP contribution in [0.1, 0.15) is 41.0 Å². The summed E-state index contributed by atoms with van der Waals surface area (Å²) in [5.41, 5.74) is 0.222. The van der Waals surface area contributed by atoms with Gasteiger partial charge in [0.25, 0.3) is 0 Å². The Morgan fingerprint density at radius 3 is 2.36 bits per heavy atom. The predicted molar refractivity (Wildman–Crippen MR) is 60.2 cm³/mol. The highest BCUT2D eigenvalue weighted by Crippen LogP contribution is 2.10. The maximum atomic E-state index is 11.4. The fourth-order valence-corrected chi connectivity index (χ4v) is 0.953. The third kappa shape index (κ3) is 6.89. The highest BCUT2D eigenvalue weighted by Gasteiger charge is 2.15. The number of hydrogen-bond acceptors (Lipinski definition) is 2. The molecule has 84 valence electrons. The van der Waals surface area contributed by atoms with Crippen molar-refractivity contribution in [3.05, 3.63) is 0 Å². The lowest BCUT2D eigenvalue weighted by Gasteiger charge is -2.22. The van der Waals surface area contributed by atoms with Gasteiger partial charge in [0.1, 0.15) is 0 Å². The van der Waals surface area contributed by atoms with Gasteiger partial charge in [-0.1, -0.05) is 27.7 Å². The second-order valence-electron chi connectivity index (χ2n) is 4.95. The van der Waals surface area contributed by atoms with Gasteiger partial charge in [-0.3, -0.25) is 4.79 Å². The third-order valence-corrected chi connectivity index (χ3v) is 1.88. The Morgan fingerprint density at radius 1 is 1.36 bits per heavy atom. The molecule has 0 fully saturated rings. The van der Waals surface area contributed by atoms with Gasteiger partial charge in [-0.25, -0.2) is 0 Å². The predicted octanol–water partition coefficient (Wildman–Crippen LogP) is 1.54. The van der Waals surface area contributed by atoms with Gasteiger partial charge in [-0.05, 0) is 18.8 Å². The van der Waals surface area contributed by atoms with E-state index < -0.39 is 0 Å². The average molecular weight is 200 g/mol. The fourth-order valence-electron chi connectivity index (χ4n) is 0.953. The van der Waals surface area contributed by atoms with Crippen LogP contribution >= 0.6 is 0 Å². The third-order valence-electron chi connectivity index (χ3n) is 1.88. The van der Waals surface area contributed by atoms with Gasteiger partial charge >= 0.3 is 0 Å². The summed E-state index contributed by atoms with van der Waals surface area (Å²) < 4.78 is 0. The summed E-state index contributed by atoms with van der Waals surface area (Å²) in [4.78, 5) is 11.4. The molecule has 1 amide bonds. The summed E-state index contributed by atoms with van der Waals surface area (Å²) >= 11 is 0. The first-order valence-corrected chi connectivity index (χ1v) is 5.38. The smallest absolute Gasteiger partial charge is 0.236 e. The van der Waals surface area contributed by atoms with Crippen molar-refractivity contribution in [3.63, 3.8) is 0 Å². The molecule has 0 radical (unpaired) electrons. The zero-order valence-electron chi connectivity index (χ0n) is 10.1. The largest absolute Gasteiger partial charge is 0.355 e. The molecule has 2 N–H and O–H groups in total. The highest BCUT2D eigenvalue weighted by atomic mass is 16.2. The van der Waals surface area contributed by atoms with Crippen molar-refractivity contribution < 1.29 is 4.79 Å². The molecule has 0 aliphatic heterocycles. The summed E-state index contributed by atoms with van der Waals surface area (Å²) in [6.45, 7) is 12.0. The zero-order valence-corrected chi connectivity index (χ0v) is 10.1. The molecular formula is C11H24N2O. The zero-order chi connectivity index (χ0) is 11.2. The quantitative estimate of drug-likeness (QED) is 0.707. The molecule has 0 bridgehead atoms. The number of nitrogens with one attached hydrogen (secondary N) is 2. The molecule has 3 nitrogen and oxygen atoms in total. The average Bonchev–Trinajstić information content (AvgIpc) is 2.09. The van der Waals surface area contributed by atoms with E-state index in [9.17, 15) is 4.79 Å². The van der Waals surface area contributed by atoms with Crippen LogP contribution in [0.4, 0.5) is 0 Å². The minimum atomic E-state index is -0.0965. The van der Waals surface area contributed by atoms with Crippen molar-refractivity contribution in [2.45, 2.75) is 47.1 Å². The first-order valence-electron chi connectivity index (χ1n) is 5.38. The van der Waals surface area contributed by atoms with Crippen LogP contribution in [0.15, 0.2) is 0 Å². The number of carbonyl (C=O) groups is 1. The van der Waals surface area contributed by atoms with E-state index in [0.29, 0.717) is 0 Å². The van der Waals surface area contributed by atoms with E-state index in [-0.39, 0.29) is 17.4 Å². The van der Waals surface area contributed by atoms with Crippen molar-refractivity contribution in [2.75, 3.05) is 13.1 Å². The van der Waals surface area contributed by atoms with Crippen LogP contribution in [0.25, 0.3) is 0 Å². The standard InChI is InChI=1S/C11H24N2O/c1-6-7-12-10(14)9(2)13-8-11(3,4)5/h9,13H,6-8H2,1-5H3,(H,12,14). The van der Waals surface area contributed by atoms with E-state index in [0.717, 1.165) is 19.5 Å². The van der Waals surface area contributed by atoms with Gasteiger partial charge in [0.05, 0.1) is 6.04 Å². The highest BCUT2D eigenvalue weighted by molar-refractivity contribution is 5.81. The van der Waals surface area contributed by atoms with Gasteiger partial charge in [0.2, 0.25) is 5.91 Å². The Balaban J connectivity index is 3.73. The molecule has 3 heteroatoms. The van der Waals surface area contributed by atoms with E-state index >= 15 is 0 Å². The van der Waals surface area contributed by atoms with E-state index in [2.05, 4.69) is 31.4 Å². The molecule has 0 heterocycles. The summed E-state index contributed by atoms with van der Waals surface area (Å²) in [6.07, 6.45) is 0.984. The summed E-state index contributed by atoms with van der Waals surface area (Å²) in [6, 6.07) is -0.0965. The lowest BCUT2D eigenvalue weighted by atomic mass is 9.96. The van der Waals surface area contributed by atoms with Crippen LogP contribution in [0.2, 0.25) is 0 Å². The van der Waals surface area contributed by atoms with Crippen LogP contribution in [0.5, 0.6) is 0 Å². The number of hydrogen-bond donors (Lipinski definition) is 2. The fraction of sp³-hybridized carbons (Fsp3) is 0.909. The van der Waals surface area contributed by atoms with E-state index in [4.69, 9.17) is 0 Å². The molecule has 0 aromatic rings. The maximum absolute atomic E-state index is 11.4. The Hall–Kier alpha value is -0.570.